The van der Waals surface area contributed by atoms with Gasteiger partial charge in [-0.3, -0.25) is 9.59 Å². The van der Waals surface area contributed by atoms with E-state index < -0.39 is 22.6 Å². The number of hydrogen-bond acceptors (Lipinski definition) is 4. The minimum atomic E-state index is -1.86. The third-order valence-electron chi connectivity index (χ3n) is 8.58. The molecule has 0 amide bonds. The number of Topliss-reactive ketones (excluding diaryl/α,β-unsaturated/α-hetero) is 1. The normalized spacial score (nSPS) is 49.5. The first kappa shape index (κ1) is 19.5. The highest BCUT2D eigenvalue weighted by molar-refractivity contribution is 6.01. The molecule has 5 heteroatoms. The van der Waals surface area contributed by atoms with E-state index in [1.807, 2.05) is 19.9 Å². The van der Waals surface area contributed by atoms with Crippen LogP contribution in [0.3, 0.4) is 0 Å². The molecule has 4 aliphatic rings. The number of aliphatic hydroxyl groups excluding tert-OH is 1. The van der Waals surface area contributed by atoms with Crippen molar-refractivity contribution in [1.29, 1.82) is 5.26 Å². The van der Waals surface area contributed by atoms with Crippen LogP contribution in [0.4, 0.5) is 4.39 Å². The first-order valence-corrected chi connectivity index (χ1v) is 10.3. The molecule has 0 radical (unpaired) electrons. The second-order valence-electron chi connectivity index (χ2n) is 9.84. The van der Waals surface area contributed by atoms with E-state index in [9.17, 15) is 14.7 Å². The lowest BCUT2D eigenvalue weighted by Gasteiger charge is -2.62. The van der Waals surface area contributed by atoms with Gasteiger partial charge in [-0.25, -0.2) is 4.39 Å². The van der Waals surface area contributed by atoms with Crippen LogP contribution >= 0.6 is 0 Å². The molecule has 0 aliphatic heterocycles. The van der Waals surface area contributed by atoms with Crippen molar-refractivity contribution >= 4 is 11.6 Å². The molecule has 3 saturated carbocycles. The number of hydrogen-bond donors (Lipinski definition) is 1. The first-order valence-electron chi connectivity index (χ1n) is 10.3. The Kier molecular flexibility index (Phi) is 4.25. The van der Waals surface area contributed by atoms with Gasteiger partial charge in [-0.05, 0) is 62.0 Å². The third kappa shape index (κ3) is 2.24. The van der Waals surface area contributed by atoms with E-state index in [0.29, 0.717) is 12.8 Å². The smallest absolute Gasteiger partial charge is 0.178 e. The fourth-order valence-corrected chi connectivity index (χ4v) is 7.45. The lowest BCUT2D eigenvalue weighted by molar-refractivity contribution is -0.195. The van der Waals surface area contributed by atoms with Crippen molar-refractivity contribution < 1.29 is 19.1 Å². The molecule has 2 unspecified atom stereocenters. The second-order valence-corrected chi connectivity index (χ2v) is 9.84. The van der Waals surface area contributed by atoms with Crippen molar-refractivity contribution in [3.8, 4) is 6.07 Å². The summed E-state index contributed by atoms with van der Waals surface area (Å²) >= 11 is 0. The average molecular weight is 385 g/mol. The molecule has 1 N–H and O–H groups in total. The molecule has 0 bridgehead atoms. The van der Waals surface area contributed by atoms with Crippen LogP contribution in [0.25, 0.3) is 0 Å². The van der Waals surface area contributed by atoms with Crippen LogP contribution < -0.4 is 0 Å². The Morgan fingerprint density at radius 3 is 2.79 bits per heavy atom. The van der Waals surface area contributed by atoms with Crippen molar-refractivity contribution in [2.24, 2.45) is 34.5 Å². The van der Waals surface area contributed by atoms with Gasteiger partial charge in [0.25, 0.3) is 0 Å². The van der Waals surface area contributed by atoms with Crippen LogP contribution in [0.1, 0.15) is 52.9 Å². The molecule has 0 heterocycles. The van der Waals surface area contributed by atoms with Gasteiger partial charge in [0.05, 0.1) is 18.6 Å². The molecule has 150 valence electrons. The number of alkyl halides is 1. The molecule has 4 aliphatic carbocycles. The van der Waals surface area contributed by atoms with Gasteiger partial charge < -0.3 is 5.11 Å². The molecule has 3 fully saturated rings. The Labute approximate surface area is 165 Å². The topological polar surface area (TPSA) is 78.2 Å². The number of ketones is 2. The van der Waals surface area contributed by atoms with Gasteiger partial charge in [0.15, 0.2) is 17.2 Å². The fourth-order valence-electron chi connectivity index (χ4n) is 7.45. The standard InChI is InChI=1S/C23H28FNO3/c1-13-10-17-16-5-4-14-11-15(26)6-8-22(14,3)23(16,24)19(28)12-21(17,2)20(13)18(27)7-9-25/h6,8,11,13,16-17,19-20,28H,4-5,7,10,12H2,1-3H3/t13?,16-,17-,19?,20+,21-,22-,23-/m0/s1. The molecule has 0 aromatic rings. The molecule has 4 nitrogen and oxygen atoms in total. The molecule has 0 aromatic heterocycles. The highest BCUT2D eigenvalue weighted by atomic mass is 19.1. The summed E-state index contributed by atoms with van der Waals surface area (Å²) in [6, 6.07) is 1.97. The summed E-state index contributed by atoms with van der Waals surface area (Å²) in [5, 5.41) is 20.2. The number of nitriles is 1. The molecule has 28 heavy (non-hydrogen) atoms. The van der Waals surface area contributed by atoms with Crippen LogP contribution in [0, 0.1) is 45.8 Å². The average Bonchev–Trinajstić information content (AvgIpc) is 2.87. The number of rotatable bonds is 2. The maximum Gasteiger partial charge on any atom is 0.178 e. The van der Waals surface area contributed by atoms with Gasteiger partial charge in [-0.15, -0.1) is 0 Å². The van der Waals surface area contributed by atoms with E-state index >= 15 is 4.39 Å². The van der Waals surface area contributed by atoms with Gasteiger partial charge >= 0.3 is 0 Å². The largest absolute Gasteiger partial charge is 0.390 e. The SMILES string of the molecule is CC1C[C@H]2[C@@H]3CCC4=CC(=O)C=C[C@]4(C)[C@@]3(F)C(O)C[C@]2(C)[C@H]1C(=O)CC#N. The van der Waals surface area contributed by atoms with Gasteiger partial charge in [0.2, 0.25) is 0 Å². The number of aliphatic hydroxyl groups is 1. The van der Waals surface area contributed by atoms with E-state index in [0.717, 1.165) is 12.0 Å². The van der Waals surface area contributed by atoms with Crippen molar-refractivity contribution in [3.05, 3.63) is 23.8 Å². The van der Waals surface area contributed by atoms with Crippen LogP contribution in [0.5, 0.6) is 0 Å². The predicted octanol–water partition coefficient (Wildman–Crippen LogP) is 3.70. The Bertz CT molecular complexity index is 841. The third-order valence-corrected chi connectivity index (χ3v) is 8.58. The molecule has 0 aromatic carbocycles. The first-order chi connectivity index (χ1) is 13.1. The summed E-state index contributed by atoms with van der Waals surface area (Å²) in [6.07, 6.45) is 5.41. The maximum absolute atomic E-state index is 16.9. The van der Waals surface area contributed by atoms with E-state index in [2.05, 4.69) is 0 Å². The quantitative estimate of drug-likeness (QED) is 0.786. The Hall–Kier alpha value is -1.80. The second kappa shape index (κ2) is 6.10. The van der Waals surface area contributed by atoms with Crippen LogP contribution in [0.2, 0.25) is 0 Å². The molecule has 4 rings (SSSR count). The van der Waals surface area contributed by atoms with E-state index in [1.165, 1.54) is 12.2 Å². The summed E-state index contributed by atoms with van der Waals surface area (Å²) in [5.41, 5.74) is -2.59. The number of nitrogens with zero attached hydrogens (tertiary/aromatic N) is 1. The highest BCUT2D eigenvalue weighted by Crippen LogP contribution is 2.69. The highest BCUT2D eigenvalue weighted by Gasteiger charge is 2.71. The number of fused-ring (bicyclic) bond motifs is 5. The van der Waals surface area contributed by atoms with E-state index in [4.69, 9.17) is 5.26 Å². The van der Waals surface area contributed by atoms with Gasteiger partial charge in [-0.1, -0.05) is 25.5 Å². The molecule has 8 atom stereocenters. The van der Waals surface area contributed by atoms with Crippen molar-refractivity contribution in [3.63, 3.8) is 0 Å². The van der Waals surface area contributed by atoms with E-state index in [1.54, 1.807) is 13.0 Å². The molecular weight excluding hydrogens is 357 g/mol. The lowest BCUT2D eigenvalue weighted by atomic mass is 9.45. The number of allylic oxidation sites excluding steroid dienone is 4. The Balaban J connectivity index is 1.78. The van der Waals surface area contributed by atoms with Crippen LogP contribution in [-0.4, -0.2) is 28.4 Å². The van der Waals surface area contributed by atoms with Gasteiger partial charge in [0.1, 0.15) is 0 Å². The molecule has 0 spiro atoms. The van der Waals surface area contributed by atoms with Crippen molar-refractivity contribution in [2.75, 3.05) is 0 Å². The maximum atomic E-state index is 16.9. The molecular formula is C23H28FNO3. The van der Waals surface area contributed by atoms with E-state index in [-0.39, 0.29) is 48.1 Å². The summed E-state index contributed by atoms with van der Waals surface area (Å²) in [5.74, 6) is -0.842. The zero-order valence-corrected chi connectivity index (χ0v) is 16.7. The Morgan fingerprint density at radius 1 is 1.39 bits per heavy atom. The predicted molar refractivity (Wildman–Crippen MR) is 102 cm³/mol. The lowest BCUT2D eigenvalue weighted by Crippen LogP contribution is -2.66. The summed E-state index contributed by atoms with van der Waals surface area (Å²) in [4.78, 5) is 24.6. The summed E-state index contributed by atoms with van der Waals surface area (Å²) in [7, 11) is 0. The van der Waals surface area contributed by atoms with Crippen molar-refractivity contribution in [2.45, 2.75) is 64.6 Å². The van der Waals surface area contributed by atoms with Crippen LogP contribution in [-0.2, 0) is 9.59 Å². The number of halogens is 1. The summed E-state index contributed by atoms with van der Waals surface area (Å²) < 4.78 is 16.9. The number of carbonyl (C=O) groups excluding carboxylic acids is 2. The summed E-state index contributed by atoms with van der Waals surface area (Å²) in [6.45, 7) is 5.83. The zero-order valence-electron chi connectivity index (χ0n) is 16.7. The van der Waals surface area contributed by atoms with Gasteiger partial charge in [-0.2, -0.15) is 5.26 Å². The zero-order chi connectivity index (χ0) is 20.5. The monoisotopic (exact) mass is 385 g/mol. The van der Waals surface area contributed by atoms with Gasteiger partial charge in [0, 0.05) is 17.3 Å². The minimum absolute atomic E-state index is 0.0204. The Morgan fingerprint density at radius 2 is 2.11 bits per heavy atom. The van der Waals surface area contributed by atoms with Crippen LogP contribution in [0.15, 0.2) is 23.8 Å². The minimum Gasteiger partial charge on any atom is -0.390 e. The number of carbonyl (C=O) groups is 2. The molecule has 0 saturated heterocycles. The van der Waals surface area contributed by atoms with Crippen molar-refractivity contribution in [1.82, 2.24) is 0 Å². The fraction of sp³-hybridized carbons (Fsp3) is 0.696.